The maximum absolute atomic E-state index is 11.5. The van der Waals surface area contributed by atoms with Gasteiger partial charge in [0.05, 0.1) is 6.04 Å². The maximum Gasteiger partial charge on any atom is 0.234 e. The predicted molar refractivity (Wildman–Crippen MR) is 86.1 cm³/mol. The number of hydrogen-bond donors (Lipinski definition) is 2. The summed E-state index contributed by atoms with van der Waals surface area (Å²) in [5.41, 5.74) is 5.48. The van der Waals surface area contributed by atoms with Crippen molar-refractivity contribution in [3.05, 3.63) is 0 Å². The van der Waals surface area contributed by atoms with Crippen molar-refractivity contribution in [2.45, 2.75) is 64.1 Å². The number of primary amides is 1. The second kappa shape index (κ2) is 8.11. The van der Waals surface area contributed by atoms with Crippen LogP contribution in [0.25, 0.3) is 0 Å². The van der Waals surface area contributed by atoms with E-state index >= 15 is 0 Å². The van der Waals surface area contributed by atoms with Gasteiger partial charge in [-0.2, -0.15) is 0 Å². The first-order chi connectivity index (χ1) is 10.1. The van der Waals surface area contributed by atoms with Crippen LogP contribution in [0.3, 0.4) is 0 Å². The van der Waals surface area contributed by atoms with Crippen LogP contribution in [0, 0.1) is 0 Å². The van der Waals surface area contributed by atoms with E-state index in [-0.39, 0.29) is 11.9 Å². The molecule has 0 aromatic heterocycles. The zero-order valence-electron chi connectivity index (χ0n) is 13.7. The van der Waals surface area contributed by atoms with Crippen molar-refractivity contribution in [2.24, 2.45) is 5.73 Å². The van der Waals surface area contributed by atoms with Crippen LogP contribution in [0.2, 0.25) is 0 Å². The van der Waals surface area contributed by atoms with E-state index in [4.69, 9.17) is 5.73 Å². The van der Waals surface area contributed by atoms with E-state index in [1.165, 1.54) is 38.8 Å². The fourth-order valence-corrected chi connectivity index (χ4v) is 3.64. The van der Waals surface area contributed by atoms with E-state index < -0.39 is 0 Å². The zero-order valence-corrected chi connectivity index (χ0v) is 13.7. The first-order valence-electron chi connectivity index (χ1n) is 8.58. The van der Waals surface area contributed by atoms with Crippen LogP contribution in [-0.4, -0.2) is 66.6 Å². The molecule has 1 unspecified atom stereocenters. The van der Waals surface area contributed by atoms with E-state index in [1.54, 1.807) is 0 Å². The molecular formula is C16H32N4O. The van der Waals surface area contributed by atoms with Crippen LogP contribution in [0.4, 0.5) is 0 Å². The van der Waals surface area contributed by atoms with Gasteiger partial charge >= 0.3 is 0 Å². The maximum atomic E-state index is 11.5. The molecule has 5 heteroatoms. The number of hydrogen-bond acceptors (Lipinski definition) is 4. The number of nitrogens with one attached hydrogen (secondary N) is 1. The smallest absolute Gasteiger partial charge is 0.234 e. The predicted octanol–water partition coefficient (Wildman–Crippen LogP) is 0.789. The summed E-state index contributed by atoms with van der Waals surface area (Å²) in [5, 5.41) is 3.26. The molecule has 1 saturated heterocycles. The summed E-state index contributed by atoms with van der Waals surface area (Å²) in [6.07, 6.45) is 6.42. The zero-order chi connectivity index (χ0) is 15.2. The van der Waals surface area contributed by atoms with Crippen molar-refractivity contribution in [1.82, 2.24) is 15.1 Å². The minimum absolute atomic E-state index is 0.196. The normalized spacial score (nSPS) is 23.8. The summed E-state index contributed by atoms with van der Waals surface area (Å²) in [4.78, 5) is 16.6. The summed E-state index contributed by atoms with van der Waals surface area (Å²) in [7, 11) is 0. The molecule has 0 radical (unpaired) electrons. The Labute approximate surface area is 129 Å². The Morgan fingerprint density at radius 3 is 2.33 bits per heavy atom. The van der Waals surface area contributed by atoms with E-state index in [0.717, 1.165) is 32.1 Å². The van der Waals surface area contributed by atoms with Crippen LogP contribution < -0.4 is 11.1 Å². The van der Waals surface area contributed by atoms with Gasteiger partial charge in [0.2, 0.25) is 5.91 Å². The minimum Gasteiger partial charge on any atom is -0.368 e. The Kier molecular flexibility index (Phi) is 6.45. The number of nitrogens with zero attached hydrogens (tertiary/aromatic N) is 2. The molecule has 1 aliphatic carbocycles. The molecule has 0 aromatic carbocycles. The Morgan fingerprint density at radius 2 is 1.81 bits per heavy atom. The highest BCUT2D eigenvalue weighted by atomic mass is 16.1. The molecule has 2 rings (SSSR count). The van der Waals surface area contributed by atoms with E-state index in [0.29, 0.717) is 6.04 Å². The average Bonchev–Trinajstić information content (AvgIpc) is 2.97. The molecule has 0 aromatic rings. The van der Waals surface area contributed by atoms with Crippen LogP contribution >= 0.6 is 0 Å². The van der Waals surface area contributed by atoms with E-state index in [2.05, 4.69) is 29.0 Å². The molecule has 2 fully saturated rings. The summed E-state index contributed by atoms with van der Waals surface area (Å²) in [6, 6.07) is 0.938. The molecule has 1 amide bonds. The molecule has 0 spiro atoms. The highest BCUT2D eigenvalue weighted by Crippen LogP contribution is 2.24. The number of rotatable bonds is 7. The Bertz CT molecular complexity index is 320. The van der Waals surface area contributed by atoms with Gasteiger partial charge in [-0.05, 0) is 19.3 Å². The van der Waals surface area contributed by atoms with Crippen molar-refractivity contribution >= 4 is 5.91 Å². The molecule has 0 bridgehead atoms. The van der Waals surface area contributed by atoms with E-state index in [9.17, 15) is 4.79 Å². The molecule has 1 atom stereocenters. The van der Waals surface area contributed by atoms with E-state index in [1.807, 2.05) is 0 Å². The number of piperazine rings is 1. The average molecular weight is 296 g/mol. The highest BCUT2D eigenvalue weighted by Gasteiger charge is 2.26. The second-order valence-electron chi connectivity index (χ2n) is 6.88. The second-order valence-corrected chi connectivity index (χ2v) is 6.88. The number of carbonyl (C=O) groups excluding carboxylic acids is 1. The number of nitrogens with two attached hydrogens (primary N) is 1. The third-order valence-electron chi connectivity index (χ3n) is 4.86. The van der Waals surface area contributed by atoms with Crippen molar-refractivity contribution in [2.75, 3.05) is 32.7 Å². The van der Waals surface area contributed by atoms with Crippen molar-refractivity contribution in [1.29, 1.82) is 0 Å². The summed E-state index contributed by atoms with van der Waals surface area (Å²) in [5.74, 6) is -0.228. The first kappa shape index (κ1) is 16.7. The third-order valence-corrected chi connectivity index (χ3v) is 4.86. The molecule has 3 N–H and O–H groups in total. The lowest BCUT2D eigenvalue weighted by atomic mass is 10.1. The molecule has 1 aliphatic heterocycles. The molecule has 122 valence electrons. The standard InChI is InChI=1S/C16H32N4O/c1-13(2)18-15(16(17)21)7-8-19-9-11-20(12-10-19)14-5-3-4-6-14/h13-15,18H,3-12H2,1-2H3,(H2,17,21). The first-order valence-corrected chi connectivity index (χ1v) is 8.58. The van der Waals surface area contributed by atoms with Gasteiger partial charge in [-0.1, -0.05) is 26.7 Å². The Morgan fingerprint density at radius 1 is 1.19 bits per heavy atom. The fraction of sp³-hybridized carbons (Fsp3) is 0.938. The topological polar surface area (TPSA) is 61.6 Å². The molecule has 1 heterocycles. The SMILES string of the molecule is CC(C)NC(CCN1CCN(C2CCCC2)CC1)C(N)=O. The van der Waals surface area contributed by atoms with Gasteiger partial charge in [-0.15, -0.1) is 0 Å². The van der Waals surface area contributed by atoms with Crippen LogP contribution in [-0.2, 0) is 4.79 Å². The third kappa shape index (κ3) is 5.24. The van der Waals surface area contributed by atoms with Gasteiger partial charge in [0.1, 0.15) is 0 Å². The summed E-state index contributed by atoms with van der Waals surface area (Å²) < 4.78 is 0. The van der Waals surface area contributed by atoms with Crippen molar-refractivity contribution in [3.8, 4) is 0 Å². The van der Waals surface area contributed by atoms with Gasteiger partial charge in [0, 0.05) is 44.8 Å². The lowest BCUT2D eigenvalue weighted by Gasteiger charge is -2.38. The van der Waals surface area contributed by atoms with Gasteiger partial charge in [-0.25, -0.2) is 0 Å². The Hall–Kier alpha value is -0.650. The van der Waals surface area contributed by atoms with Crippen molar-refractivity contribution < 1.29 is 4.79 Å². The van der Waals surface area contributed by atoms with Gasteiger partial charge in [0.25, 0.3) is 0 Å². The molecular weight excluding hydrogens is 264 g/mol. The molecule has 21 heavy (non-hydrogen) atoms. The molecule has 5 nitrogen and oxygen atoms in total. The van der Waals surface area contributed by atoms with Crippen LogP contribution in [0.15, 0.2) is 0 Å². The summed E-state index contributed by atoms with van der Waals surface area (Å²) >= 11 is 0. The van der Waals surface area contributed by atoms with Gasteiger partial charge < -0.3 is 16.0 Å². The number of amides is 1. The largest absolute Gasteiger partial charge is 0.368 e. The van der Waals surface area contributed by atoms with Crippen molar-refractivity contribution in [3.63, 3.8) is 0 Å². The van der Waals surface area contributed by atoms with Crippen LogP contribution in [0.5, 0.6) is 0 Å². The number of carbonyl (C=O) groups is 1. The molecule has 2 aliphatic rings. The quantitative estimate of drug-likeness (QED) is 0.729. The highest BCUT2D eigenvalue weighted by molar-refractivity contribution is 5.79. The van der Waals surface area contributed by atoms with Crippen LogP contribution in [0.1, 0.15) is 46.0 Å². The Balaban J connectivity index is 1.68. The minimum atomic E-state index is -0.228. The molecule has 1 saturated carbocycles. The lowest BCUT2D eigenvalue weighted by molar-refractivity contribution is -0.120. The fourth-order valence-electron chi connectivity index (χ4n) is 3.64. The summed E-state index contributed by atoms with van der Waals surface area (Å²) in [6.45, 7) is 9.69. The monoisotopic (exact) mass is 296 g/mol. The van der Waals surface area contributed by atoms with Gasteiger partial charge in [0.15, 0.2) is 0 Å². The van der Waals surface area contributed by atoms with Gasteiger partial charge in [-0.3, -0.25) is 9.69 Å². The lowest BCUT2D eigenvalue weighted by Crippen LogP contribution is -2.51.